The number of urea groups is 1. The highest BCUT2D eigenvalue weighted by Gasteiger charge is 2.36. The van der Waals surface area contributed by atoms with E-state index in [0.29, 0.717) is 18.1 Å². The van der Waals surface area contributed by atoms with Crippen molar-refractivity contribution in [2.24, 2.45) is 0 Å². The number of piperazine rings is 1. The molecule has 3 heterocycles. The molecule has 3 saturated heterocycles. The van der Waals surface area contributed by atoms with Gasteiger partial charge in [-0.25, -0.2) is 4.79 Å². The topological polar surface area (TPSA) is 26.8 Å². The number of carbonyl (C=O) groups is 1. The van der Waals surface area contributed by atoms with Crippen molar-refractivity contribution in [3.05, 3.63) is 0 Å². The van der Waals surface area contributed by atoms with Crippen LogP contribution in [0.15, 0.2) is 0 Å². The highest BCUT2D eigenvalue weighted by molar-refractivity contribution is 5.75. The number of rotatable bonds is 0. The molecular formula is C16H29N3O. The minimum Gasteiger partial charge on any atom is -0.325 e. The van der Waals surface area contributed by atoms with Crippen LogP contribution in [0.3, 0.4) is 0 Å². The zero-order valence-electron chi connectivity index (χ0n) is 12.9. The number of fused-ring (bicyclic) bond motifs is 1. The smallest absolute Gasteiger partial charge is 0.320 e. The Bertz CT molecular complexity index is 339. The summed E-state index contributed by atoms with van der Waals surface area (Å²) in [6, 6.07) is 1.31. The van der Waals surface area contributed by atoms with Crippen molar-refractivity contribution in [3.63, 3.8) is 0 Å². The molecule has 4 heteroatoms. The molecule has 0 aromatic carbocycles. The van der Waals surface area contributed by atoms with Crippen LogP contribution in [-0.2, 0) is 0 Å². The van der Waals surface area contributed by atoms with Crippen molar-refractivity contribution in [3.8, 4) is 0 Å². The van der Waals surface area contributed by atoms with Crippen molar-refractivity contribution < 1.29 is 4.79 Å². The summed E-state index contributed by atoms with van der Waals surface area (Å²) in [6.45, 7) is 7.43. The number of hydrogen-bond donors (Lipinski definition) is 0. The van der Waals surface area contributed by atoms with E-state index < -0.39 is 0 Å². The van der Waals surface area contributed by atoms with Crippen LogP contribution in [0.2, 0.25) is 0 Å². The first-order valence-electron chi connectivity index (χ1n) is 8.55. The summed E-state index contributed by atoms with van der Waals surface area (Å²) in [6.07, 6.45) is 8.89. The van der Waals surface area contributed by atoms with Crippen LogP contribution < -0.4 is 0 Å². The number of piperidine rings is 1. The lowest BCUT2D eigenvalue weighted by Crippen LogP contribution is -2.62. The first-order valence-corrected chi connectivity index (χ1v) is 8.55. The van der Waals surface area contributed by atoms with E-state index in [0.717, 1.165) is 26.2 Å². The van der Waals surface area contributed by atoms with Gasteiger partial charge < -0.3 is 9.80 Å². The molecule has 3 rings (SSSR count). The predicted octanol–water partition coefficient (Wildman–Crippen LogP) is 2.54. The van der Waals surface area contributed by atoms with E-state index in [-0.39, 0.29) is 0 Å². The molecule has 2 amide bonds. The van der Waals surface area contributed by atoms with Crippen molar-refractivity contribution in [1.82, 2.24) is 14.7 Å². The Morgan fingerprint density at radius 1 is 0.900 bits per heavy atom. The third-order valence-corrected chi connectivity index (χ3v) is 5.31. The van der Waals surface area contributed by atoms with Crippen LogP contribution in [0.4, 0.5) is 4.79 Å². The van der Waals surface area contributed by atoms with E-state index in [2.05, 4.69) is 21.6 Å². The number of carbonyl (C=O) groups excluding carboxylic acids is 1. The van der Waals surface area contributed by atoms with Gasteiger partial charge in [0, 0.05) is 38.3 Å². The van der Waals surface area contributed by atoms with Crippen LogP contribution in [-0.4, -0.2) is 65.5 Å². The fraction of sp³-hybridized carbons (Fsp3) is 0.938. The second-order valence-corrected chi connectivity index (χ2v) is 6.83. The maximum atomic E-state index is 12.8. The molecule has 3 fully saturated rings. The quantitative estimate of drug-likeness (QED) is 0.681. The molecule has 20 heavy (non-hydrogen) atoms. The van der Waals surface area contributed by atoms with Gasteiger partial charge in [0.15, 0.2) is 0 Å². The average molecular weight is 279 g/mol. The van der Waals surface area contributed by atoms with E-state index in [9.17, 15) is 4.79 Å². The van der Waals surface area contributed by atoms with E-state index in [1.807, 2.05) is 0 Å². The van der Waals surface area contributed by atoms with E-state index >= 15 is 0 Å². The van der Waals surface area contributed by atoms with Gasteiger partial charge in [0.05, 0.1) is 0 Å². The summed E-state index contributed by atoms with van der Waals surface area (Å²) in [7, 11) is 0. The zero-order valence-corrected chi connectivity index (χ0v) is 12.9. The van der Waals surface area contributed by atoms with Gasteiger partial charge in [-0.05, 0) is 39.2 Å². The Kier molecular flexibility index (Phi) is 4.49. The largest absolute Gasteiger partial charge is 0.325 e. The predicted molar refractivity (Wildman–Crippen MR) is 80.8 cm³/mol. The Morgan fingerprint density at radius 3 is 2.35 bits per heavy atom. The number of nitrogens with zero attached hydrogens (tertiary/aromatic N) is 3. The van der Waals surface area contributed by atoms with Gasteiger partial charge in [-0.3, -0.25) is 4.90 Å². The molecule has 2 atom stereocenters. The van der Waals surface area contributed by atoms with Crippen molar-refractivity contribution in [1.29, 1.82) is 0 Å². The van der Waals surface area contributed by atoms with Crippen molar-refractivity contribution in [2.45, 2.75) is 64.0 Å². The molecule has 0 aliphatic carbocycles. The third-order valence-electron chi connectivity index (χ3n) is 5.31. The molecule has 4 nitrogen and oxygen atoms in total. The maximum absolute atomic E-state index is 12.8. The van der Waals surface area contributed by atoms with Crippen LogP contribution >= 0.6 is 0 Å². The van der Waals surface area contributed by atoms with Gasteiger partial charge in [0.2, 0.25) is 0 Å². The summed E-state index contributed by atoms with van der Waals surface area (Å²) in [5, 5.41) is 0. The fourth-order valence-electron chi connectivity index (χ4n) is 4.06. The molecule has 3 aliphatic rings. The zero-order chi connectivity index (χ0) is 13.9. The lowest BCUT2D eigenvalue weighted by molar-refractivity contribution is 0.0249. The highest BCUT2D eigenvalue weighted by Crippen LogP contribution is 2.25. The third kappa shape index (κ3) is 2.95. The Morgan fingerprint density at radius 2 is 1.60 bits per heavy atom. The van der Waals surface area contributed by atoms with Crippen LogP contribution in [0.1, 0.15) is 51.9 Å². The molecule has 0 saturated carbocycles. The standard InChI is InChI=1S/C16H29N3O/c1-14-12-18-11-7-4-8-15(18)13-19(14)16(20)17-9-5-2-3-6-10-17/h14-15H,2-13H2,1H3. The number of amides is 2. The summed E-state index contributed by atoms with van der Waals surface area (Å²) in [4.78, 5) is 19.7. The Balaban J connectivity index is 1.64. The van der Waals surface area contributed by atoms with Crippen molar-refractivity contribution >= 4 is 6.03 Å². The summed E-state index contributed by atoms with van der Waals surface area (Å²) in [5.41, 5.74) is 0. The second-order valence-electron chi connectivity index (χ2n) is 6.83. The number of likely N-dealkylation sites (tertiary alicyclic amines) is 1. The van der Waals surface area contributed by atoms with E-state index in [1.54, 1.807) is 0 Å². The van der Waals surface area contributed by atoms with Crippen LogP contribution in [0, 0.1) is 0 Å². The Labute approximate surface area is 123 Å². The summed E-state index contributed by atoms with van der Waals surface area (Å²) in [5.74, 6) is 0. The minimum absolute atomic E-state index is 0.310. The molecule has 0 aromatic rings. The van der Waals surface area contributed by atoms with Gasteiger partial charge >= 0.3 is 6.03 Å². The summed E-state index contributed by atoms with van der Waals surface area (Å²) < 4.78 is 0. The molecule has 0 bridgehead atoms. The molecular weight excluding hydrogens is 250 g/mol. The maximum Gasteiger partial charge on any atom is 0.320 e. The Hall–Kier alpha value is -0.770. The molecule has 0 aromatic heterocycles. The van der Waals surface area contributed by atoms with Crippen LogP contribution in [0.25, 0.3) is 0 Å². The van der Waals surface area contributed by atoms with Crippen LogP contribution in [0.5, 0.6) is 0 Å². The monoisotopic (exact) mass is 279 g/mol. The molecule has 0 radical (unpaired) electrons. The molecule has 0 N–H and O–H groups in total. The molecule has 3 aliphatic heterocycles. The first kappa shape index (κ1) is 14.2. The van der Waals surface area contributed by atoms with Gasteiger partial charge in [-0.15, -0.1) is 0 Å². The number of hydrogen-bond acceptors (Lipinski definition) is 2. The molecule has 114 valence electrons. The lowest BCUT2D eigenvalue weighted by atomic mass is 9.97. The second kappa shape index (κ2) is 6.33. The summed E-state index contributed by atoms with van der Waals surface area (Å²) >= 11 is 0. The van der Waals surface area contributed by atoms with Gasteiger partial charge in [-0.1, -0.05) is 19.3 Å². The van der Waals surface area contributed by atoms with Crippen molar-refractivity contribution in [2.75, 3.05) is 32.7 Å². The minimum atomic E-state index is 0.310. The van der Waals surface area contributed by atoms with Gasteiger partial charge in [0.1, 0.15) is 0 Å². The molecule has 2 unspecified atom stereocenters. The normalized spacial score (nSPS) is 32.6. The lowest BCUT2D eigenvalue weighted by Gasteiger charge is -2.48. The van der Waals surface area contributed by atoms with Gasteiger partial charge in [-0.2, -0.15) is 0 Å². The first-order chi connectivity index (χ1) is 9.75. The fourth-order valence-corrected chi connectivity index (χ4v) is 4.06. The average Bonchev–Trinajstić information content (AvgIpc) is 2.75. The van der Waals surface area contributed by atoms with E-state index in [4.69, 9.17) is 0 Å². The van der Waals surface area contributed by atoms with E-state index in [1.165, 1.54) is 51.5 Å². The van der Waals surface area contributed by atoms with Gasteiger partial charge in [0.25, 0.3) is 0 Å². The molecule has 0 spiro atoms. The SMILES string of the molecule is CC1CN2CCCCC2CN1C(=O)N1CCCCCC1. The highest BCUT2D eigenvalue weighted by atomic mass is 16.2.